The molecule has 7 heteroatoms. The van der Waals surface area contributed by atoms with Crippen LogP contribution in [0.2, 0.25) is 0 Å². The highest BCUT2D eigenvalue weighted by Gasteiger charge is 2.45. The average molecular weight is 450 g/mol. The Hall–Kier alpha value is -3.71. The highest BCUT2D eigenvalue weighted by molar-refractivity contribution is 6.03. The van der Waals surface area contributed by atoms with Crippen molar-refractivity contribution in [3.63, 3.8) is 0 Å². The molecular formula is C27H27N7. The van der Waals surface area contributed by atoms with E-state index in [-0.39, 0.29) is 0 Å². The fourth-order valence-corrected chi connectivity index (χ4v) is 5.77. The molecule has 7 rings (SSSR count). The van der Waals surface area contributed by atoms with Crippen LogP contribution in [0, 0.1) is 12.3 Å². The van der Waals surface area contributed by atoms with Crippen LogP contribution >= 0.6 is 0 Å². The number of rotatable bonds is 3. The van der Waals surface area contributed by atoms with E-state index >= 15 is 0 Å². The van der Waals surface area contributed by atoms with E-state index in [1.807, 2.05) is 28.7 Å². The molecule has 3 aromatic heterocycles. The minimum atomic E-state index is 0.456. The van der Waals surface area contributed by atoms with Crippen molar-refractivity contribution in [2.45, 2.75) is 13.3 Å². The lowest BCUT2D eigenvalue weighted by Crippen LogP contribution is -2.57. The summed E-state index contributed by atoms with van der Waals surface area (Å²) in [5.74, 6) is 1.05. The van der Waals surface area contributed by atoms with Gasteiger partial charge in [-0.05, 0) is 43.7 Å². The van der Waals surface area contributed by atoms with Gasteiger partial charge >= 0.3 is 0 Å². The molecule has 0 saturated carbocycles. The molecule has 5 heterocycles. The van der Waals surface area contributed by atoms with Crippen LogP contribution in [-0.4, -0.2) is 50.7 Å². The van der Waals surface area contributed by atoms with Gasteiger partial charge in [-0.2, -0.15) is 10.2 Å². The molecule has 7 nitrogen and oxygen atoms in total. The average Bonchev–Trinajstić information content (AvgIpc) is 3.54. The molecule has 0 unspecified atom stereocenters. The Kier molecular flexibility index (Phi) is 4.14. The fraction of sp³-hybridized carbons (Fsp3) is 0.296. The lowest BCUT2D eigenvalue weighted by atomic mass is 9.79. The molecule has 1 N–H and O–H groups in total. The molecule has 2 aliphatic heterocycles. The number of hydrogen-bond acceptors (Lipinski definition) is 5. The predicted molar refractivity (Wildman–Crippen MR) is 135 cm³/mol. The van der Waals surface area contributed by atoms with Gasteiger partial charge in [0.1, 0.15) is 11.5 Å². The van der Waals surface area contributed by atoms with Crippen molar-refractivity contribution in [2.24, 2.45) is 12.5 Å². The van der Waals surface area contributed by atoms with Crippen LogP contribution in [0.25, 0.3) is 38.8 Å². The topological polar surface area (TPSA) is 63.8 Å². The van der Waals surface area contributed by atoms with E-state index in [4.69, 9.17) is 10.1 Å². The Morgan fingerprint density at radius 1 is 0.971 bits per heavy atom. The molecule has 34 heavy (non-hydrogen) atoms. The Balaban J connectivity index is 1.31. The summed E-state index contributed by atoms with van der Waals surface area (Å²) in [6.07, 6.45) is 5.30. The first kappa shape index (κ1) is 19.7. The first-order valence-electron chi connectivity index (χ1n) is 11.9. The number of aromatic nitrogens is 5. The van der Waals surface area contributed by atoms with Crippen LogP contribution in [0.15, 0.2) is 60.9 Å². The van der Waals surface area contributed by atoms with Crippen LogP contribution in [0.5, 0.6) is 0 Å². The minimum Gasteiger partial charge on any atom is -0.355 e. The summed E-state index contributed by atoms with van der Waals surface area (Å²) in [5.41, 5.74) is 6.79. The summed E-state index contributed by atoms with van der Waals surface area (Å²) in [4.78, 5) is 7.22. The van der Waals surface area contributed by atoms with Crippen LogP contribution in [0.4, 0.5) is 5.82 Å². The van der Waals surface area contributed by atoms with Crippen molar-refractivity contribution in [2.75, 3.05) is 31.1 Å². The van der Waals surface area contributed by atoms with Crippen molar-refractivity contribution in [1.82, 2.24) is 29.9 Å². The molecule has 0 atom stereocenters. The van der Waals surface area contributed by atoms with Crippen LogP contribution in [0.3, 0.4) is 0 Å². The normalized spacial score (nSPS) is 17.2. The number of nitrogens with one attached hydrogen (secondary N) is 1. The van der Waals surface area contributed by atoms with Crippen molar-refractivity contribution < 1.29 is 0 Å². The van der Waals surface area contributed by atoms with E-state index in [9.17, 15) is 0 Å². The van der Waals surface area contributed by atoms with Gasteiger partial charge in [-0.25, -0.2) is 9.67 Å². The van der Waals surface area contributed by atoms with Gasteiger partial charge in [0, 0.05) is 54.6 Å². The third-order valence-electron chi connectivity index (χ3n) is 7.51. The van der Waals surface area contributed by atoms with Gasteiger partial charge in [-0.15, -0.1) is 0 Å². The van der Waals surface area contributed by atoms with Crippen molar-refractivity contribution in [1.29, 1.82) is 0 Å². The molecule has 2 fully saturated rings. The first-order chi connectivity index (χ1) is 16.6. The molecule has 0 amide bonds. The van der Waals surface area contributed by atoms with Crippen LogP contribution in [0.1, 0.15) is 12.0 Å². The number of benzene rings is 2. The zero-order valence-corrected chi connectivity index (χ0v) is 19.5. The van der Waals surface area contributed by atoms with Crippen LogP contribution < -0.4 is 10.2 Å². The molecular weight excluding hydrogens is 422 g/mol. The Morgan fingerprint density at radius 2 is 1.85 bits per heavy atom. The summed E-state index contributed by atoms with van der Waals surface area (Å²) in [6, 6.07) is 16.9. The first-order valence-corrected chi connectivity index (χ1v) is 11.9. The van der Waals surface area contributed by atoms with E-state index < -0.39 is 0 Å². The van der Waals surface area contributed by atoms with Crippen molar-refractivity contribution in [3.05, 3.63) is 66.5 Å². The predicted octanol–water partition coefficient (Wildman–Crippen LogP) is 4.08. The van der Waals surface area contributed by atoms with E-state index in [1.54, 1.807) is 0 Å². The van der Waals surface area contributed by atoms with Gasteiger partial charge in [0.05, 0.1) is 22.9 Å². The van der Waals surface area contributed by atoms with E-state index in [0.717, 1.165) is 70.7 Å². The maximum absolute atomic E-state index is 5.13. The second-order valence-electron chi connectivity index (χ2n) is 9.93. The Labute approximate surface area is 198 Å². The molecule has 0 bridgehead atoms. The van der Waals surface area contributed by atoms with Crippen molar-refractivity contribution in [3.8, 4) is 16.9 Å². The number of hydrogen-bond donors (Lipinski definition) is 1. The van der Waals surface area contributed by atoms with E-state index in [2.05, 4.69) is 70.9 Å². The molecule has 2 saturated heterocycles. The molecule has 5 aromatic rings. The fourth-order valence-electron chi connectivity index (χ4n) is 5.77. The number of para-hydroxylation sites is 1. The van der Waals surface area contributed by atoms with Gasteiger partial charge < -0.3 is 10.2 Å². The number of fused-ring (bicyclic) bond motifs is 2. The summed E-state index contributed by atoms with van der Waals surface area (Å²) < 4.78 is 3.91. The number of anilines is 1. The largest absolute Gasteiger partial charge is 0.355 e. The molecule has 170 valence electrons. The highest BCUT2D eigenvalue weighted by atomic mass is 15.3. The van der Waals surface area contributed by atoms with Crippen LogP contribution in [-0.2, 0) is 7.05 Å². The summed E-state index contributed by atoms with van der Waals surface area (Å²) in [5, 5.41) is 15.5. The maximum atomic E-state index is 5.13. The monoisotopic (exact) mass is 449 g/mol. The number of aryl methyl sites for hydroxylation is 2. The van der Waals surface area contributed by atoms with Crippen molar-refractivity contribution >= 4 is 27.6 Å². The molecule has 2 aromatic carbocycles. The molecule has 2 aliphatic rings. The summed E-state index contributed by atoms with van der Waals surface area (Å²) in [6.45, 7) is 6.60. The van der Waals surface area contributed by atoms with Gasteiger partial charge in [0.25, 0.3) is 0 Å². The highest BCUT2D eigenvalue weighted by Crippen LogP contribution is 2.39. The third kappa shape index (κ3) is 2.90. The summed E-state index contributed by atoms with van der Waals surface area (Å²) in [7, 11) is 1.96. The SMILES string of the molecule is Cc1cccc2c(-c3cccc4nn(C)cc34)nn(-c3ccc(N4CC5(CCNC5)C4)nc3)c12. The maximum Gasteiger partial charge on any atom is 0.128 e. The van der Waals surface area contributed by atoms with Gasteiger partial charge in [0.15, 0.2) is 0 Å². The second kappa shape index (κ2) is 7.14. The van der Waals surface area contributed by atoms with Gasteiger partial charge in [-0.1, -0.05) is 30.3 Å². The third-order valence-corrected chi connectivity index (χ3v) is 7.51. The molecule has 0 radical (unpaired) electrons. The standard InChI is InChI=1S/C27H27N7/c1-18-5-3-7-21-25(20-6-4-8-23-22(20)14-32(2)30-23)31-34(26(18)21)19-9-10-24(29-13-19)33-16-27(17-33)11-12-28-15-27/h3-10,13-14,28H,11-12,15-17H2,1-2H3. The van der Waals surface area contributed by atoms with E-state index in [1.165, 1.54) is 12.0 Å². The lowest BCUT2D eigenvalue weighted by molar-refractivity contribution is 0.241. The molecule has 1 spiro atoms. The van der Waals surface area contributed by atoms with E-state index in [0.29, 0.717) is 5.41 Å². The quantitative estimate of drug-likeness (QED) is 0.450. The molecule has 0 aliphatic carbocycles. The van der Waals surface area contributed by atoms with Gasteiger partial charge in [-0.3, -0.25) is 4.68 Å². The smallest absolute Gasteiger partial charge is 0.128 e. The zero-order chi connectivity index (χ0) is 22.9. The number of nitrogens with zero attached hydrogens (tertiary/aromatic N) is 6. The summed E-state index contributed by atoms with van der Waals surface area (Å²) >= 11 is 0. The Bertz CT molecular complexity index is 1530. The Morgan fingerprint density at radius 3 is 2.65 bits per heavy atom. The minimum absolute atomic E-state index is 0.456. The second-order valence-corrected chi connectivity index (χ2v) is 9.93. The van der Waals surface area contributed by atoms with Gasteiger partial charge in [0.2, 0.25) is 0 Å². The number of pyridine rings is 1. The lowest BCUT2D eigenvalue weighted by Gasteiger charge is -2.48. The zero-order valence-electron chi connectivity index (χ0n) is 19.5.